The molecule has 0 aliphatic heterocycles. The molecule has 0 aliphatic carbocycles. The molecule has 1 rings (SSSR count). The summed E-state index contributed by atoms with van der Waals surface area (Å²) in [6, 6.07) is 5.12. The van der Waals surface area contributed by atoms with E-state index in [0.29, 0.717) is 24.0 Å². The van der Waals surface area contributed by atoms with Crippen molar-refractivity contribution in [2.24, 2.45) is 10.9 Å². The Labute approximate surface area is 147 Å². The number of aryl methyl sites for hydroxylation is 1. The first-order valence-electron chi connectivity index (χ1n) is 6.91. The fraction of sp³-hybridized carbons (Fsp3) is 0.533. The first kappa shape index (κ1) is 20.9. The number of nitrogens with zero attached hydrogens (tertiary/aromatic N) is 1. The van der Waals surface area contributed by atoms with Crippen molar-refractivity contribution in [2.45, 2.75) is 33.9 Å². The SMILES string of the molecule is CN=C(NCc1cc(C)ccc1OC(F)F)NCC(C)C.I. The molecule has 0 aromatic heterocycles. The van der Waals surface area contributed by atoms with E-state index in [2.05, 4.69) is 34.2 Å². The Morgan fingerprint density at radius 1 is 1.27 bits per heavy atom. The highest BCUT2D eigenvalue weighted by atomic mass is 127. The zero-order valence-corrected chi connectivity index (χ0v) is 15.7. The van der Waals surface area contributed by atoms with Gasteiger partial charge in [0.15, 0.2) is 5.96 Å². The Hall–Kier alpha value is -1.12. The zero-order chi connectivity index (χ0) is 15.8. The molecule has 0 unspecified atom stereocenters. The van der Waals surface area contributed by atoms with Crippen molar-refractivity contribution in [2.75, 3.05) is 13.6 Å². The number of benzene rings is 1. The second-order valence-corrected chi connectivity index (χ2v) is 5.19. The minimum absolute atomic E-state index is 0. The van der Waals surface area contributed by atoms with E-state index >= 15 is 0 Å². The summed E-state index contributed by atoms with van der Waals surface area (Å²) in [6.45, 7) is 4.41. The van der Waals surface area contributed by atoms with E-state index in [1.165, 1.54) is 0 Å². The summed E-state index contributed by atoms with van der Waals surface area (Å²) in [7, 11) is 1.67. The number of alkyl halides is 2. The van der Waals surface area contributed by atoms with E-state index < -0.39 is 6.61 Å². The van der Waals surface area contributed by atoms with Crippen LogP contribution in [-0.4, -0.2) is 26.2 Å². The average molecular weight is 427 g/mol. The number of rotatable bonds is 6. The maximum absolute atomic E-state index is 12.4. The highest BCUT2D eigenvalue weighted by molar-refractivity contribution is 14.0. The molecular weight excluding hydrogens is 403 g/mol. The Kier molecular flexibility index (Phi) is 10.0. The molecule has 0 heterocycles. The van der Waals surface area contributed by atoms with Crippen LogP contribution in [0.15, 0.2) is 23.2 Å². The van der Waals surface area contributed by atoms with Gasteiger partial charge in [0.2, 0.25) is 0 Å². The molecule has 0 bridgehead atoms. The summed E-state index contributed by atoms with van der Waals surface area (Å²) in [4.78, 5) is 4.09. The molecule has 1 aromatic rings. The lowest BCUT2D eigenvalue weighted by molar-refractivity contribution is -0.0504. The van der Waals surface area contributed by atoms with Gasteiger partial charge in [-0.15, -0.1) is 24.0 Å². The van der Waals surface area contributed by atoms with E-state index in [-0.39, 0.29) is 29.7 Å². The first-order chi connectivity index (χ1) is 9.92. The van der Waals surface area contributed by atoms with E-state index in [1.54, 1.807) is 19.2 Å². The van der Waals surface area contributed by atoms with Gasteiger partial charge in [-0.05, 0) is 18.9 Å². The lowest BCUT2D eigenvalue weighted by Gasteiger charge is -2.16. The number of aliphatic imine (C=N–C) groups is 1. The van der Waals surface area contributed by atoms with Crippen LogP contribution in [0, 0.1) is 12.8 Å². The number of nitrogens with one attached hydrogen (secondary N) is 2. The maximum Gasteiger partial charge on any atom is 0.387 e. The summed E-state index contributed by atoms with van der Waals surface area (Å²) >= 11 is 0. The molecule has 0 saturated heterocycles. The molecule has 1 aromatic carbocycles. The van der Waals surface area contributed by atoms with Crippen molar-refractivity contribution in [1.82, 2.24) is 10.6 Å². The highest BCUT2D eigenvalue weighted by Gasteiger charge is 2.10. The predicted molar refractivity (Wildman–Crippen MR) is 96.3 cm³/mol. The molecule has 0 saturated carbocycles. The van der Waals surface area contributed by atoms with Crippen LogP contribution in [0.3, 0.4) is 0 Å². The van der Waals surface area contributed by atoms with Crippen molar-refractivity contribution < 1.29 is 13.5 Å². The number of hydrogen-bond acceptors (Lipinski definition) is 2. The topological polar surface area (TPSA) is 45.7 Å². The van der Waals surface area contributed by atoms with Crippen molar-refractivity contribution in [3.63, 3.8) is 0 Å². The van der Waals surface area contributed by atoms with E-state index in [4.69, 9.17) is 0 Å². The number of hydrogen-bond donors (Lipinski definition) is 2. The average Bonchev–Trinajstić information content (AvgIpc) is 2.41. The van der Waals surface area contributed by atoms with Crippen molar-refractivity contribution in [1.29, 1.82) is 0 Å². The minimum Gasteiger partial charge on any atom is -0.434 e. The molecule has 4 nitrogen and oxygen atoms in total. The molecule has 0 atom stereocenters. The quantitative estimate of drug-likeness (QED) is 0.415. The zero-order valence-electron chi connectivity index (χ0n) is 13.3. The van der Waals surface area contributed by atoms with Crippen LogP contribution >= 0.6 is 24.0 Å². The summed E-state index contributed by atoms with van der Waals surface area (Å²) in [5.74, 6) is 1.30. The first-order valence-corrected chi connectivity index (χ1v) is 6.91. The van der Waals surface area contributed by atoms with Crippen molar-refractivity contribution in [3.05, 3.63) is 29.3 Å². The predicted octanol–water partition coefficient (Wildman–Crippen LogP) is 3.54. The van der Waals surface area contributed by atoms with Crippen LogP contribution in [0.1, 0.15) is 25.0 Å². The second-order valence-electron chi connectivity index (χ2n) is 5.19. The third kappa shape index (κ3) is 7.77. The summed E-state index contributed by atoms with van der Waals surface area (Å²) in [5, 5.41) is 6.26. The van der Waals surface area contributed by atoms with Crippen molar-refractivity contribution >= 4 is 29.9 Å². The molecular formula is C15H24F2IN3O. The molecule has 0 amide bonds. The van der Waals surface area contributed by atoms with Gasteiger partial charge in [0, 0.05) is 25.7 Å². The Balaban J connectivity index is 0.00000441. The van der Waals surface area contributed by atoms with E-state index in [0.717, 1.165) is 12.1 Å². The van der Waals surface area contributed by atoms with Crippen LogP contribution in [0.4, 0.5) is 8.78 Å². The van der Waals surface area contributed by atoms with Gasteiger partial charge in [0.25, 0.3) is 0 Å². The Bertz CT molecular complexity index is 482. The van der Waals surface area contributed by atoms with Gasteiger partial charge in [-0.3, -0.25) is 4.99 Å². The summed E-state index contributed by atoms with van der Waals surface area (Å²) in [5.41, 5.74) is 1.65. The molecule has 0 fully saturated rings. The van der Waals surface area contributed by atoms with E-state index in [1.807, 2.05) is 13.0 Å². The van der Waals surface area contributed by atoms with Crippen LogP contribution < -0.4 is 15.4 Å². The molecule has 0 spiro atoms. The number of ether oxygens (including phenoxy) is 1. The molecule has 126 valence electrons. The molecule has 2 N–H and O–H groups in total. The minimum atomic E-state index is -2.83. The van der Waals surface area contributed by atoms with E-state index in [9.17, 15) is 8.78 Å². The lowest BCUT2D eigenvalue weighted by Crippen LogP contribution is -2.38. The molecule has 0 aliphatic rings. The highest BCUT2D eigenvalue weighted by Crippen LogP contribution is 2.21. The number of guanidine groups is 1. The molecule has 22 heavy (non-hydrogen) atoms. The van der Waals surface area contributed by atoms with Crippen LogP contribution in [0.25, 0.3) is 0 Å². The van der Waals surface area contributed by atoms with Gasteiger partial charge >= 0.3 is 6.61 Å². The Morgan fingerprint density at radius 3 is 2.50 bits per heavy atom. The van der Waals surface area contributed by atoms with Crippen LogP contribution in [0.2, 0.25) is 0 Å². The molecule has 7 heteroatoms. The normalized spacial score (nSPS) is 11.4. The standard InChI is InChI=1S/C15H23F2N3O.HI/c1-10(2)8-19-15(18-4)20-9-12-7-11(3)5-6-13(12)21-14(16)17;/h5-7,10,14H,8-9H2,1-4H3,(H2,18,19,20);1H. The summed E-state index contributed by atoms with van der Waals surface area (Å²) < 4.78 is 29.3. The maximum atomic E-state index is 12.4. The fourth-order valence-electron chi connectivity index (χ4n) is 1.76. The Morgan fingerprint density at radius 2 is 1.95 bits per heavy atom. The fourth-order valence-corrected chi connectivity index (χ4v) is 1.76. The van der Waals surface area contributed by atoms with Crippen molar-refractivity contribution in [3.8, 4) is 5.75 Å². The third-order valence-electron chi connectivity index (χ3n) is 2.78. The lowest BCUT2D eigenvalue weighted by atomic mass is 10.1. The molecule has 0 radical (unpaired) electrons. The smallest absolute Gasteiger partial charge is 0.387 e. The third-order valence-corrected chi connectivity index (χ3v) is 2.78. The largest absolute Gasteiger partial charge is 0.434 e. The number of halogens is 3. The monoisotopic (exact) mass is 427 g/mol. The van der Waals surface area contributed by atoms with Crippen LogP contribution in [-0.2, 0) is 6.54 Å². The second kappa shape index (κ2) is 10.6. The van der Waals surface area contributed by atoms with Gasteiger partial charge in [0.05, 0.1) is 0 Å². The van der Waals surface area contributed by atoms with Crippen LogP contribution in [0.5, 0.6) is 5.75 Å². The van der Waals surface area contributed by atoms with Gasteiger partial charge < -0.3 is 15.4 Å². The summed E-state index contributed by atoms with van der Waals surface area (Å²) in [6.07, 6.45) is 0. The van der Waals surface area contributed by atoms with Gasteiger partial charge in [0.1, 0.15) is 5.75 Å². The van der Waals surface area contributed by atoms with Gasteiger partial charge in [-0.2, -0.15) is 8.78 Å². The van der Waals surface area contributed by atoms with Gasteiger partial charge in [-0.1, -0.05) is 31.5 Å². The van der Waals surface area contributed by atoms with Gasteiger partial charge in [-0.25, -0.2) is 0 Å².